The zero-order chi connectivity index (χ0) is 13.0. The lowest BCUT2D eigenvalue weighted by molar-refractivity contribution is 0.114. The van der Waals surface area contributed by atoms with Gasteiger partial charge in [0.05, 0.1) is 11.9 Å². The van der Waals surface area contributed by atoms with E-state index in [9.17, 15) is 8.42 Å². The molecule has 2 rings (SSSR count). The average molecular weight is 270 g/mol. The number of nitrogens with two attached hydrogens (primary N) is 1. The second-order valence-corrected chi connectivity index (χ2v) is 6.25. The van der Waals surface area contributed by atoms with Crippen LogP contribution in [0.15, 0.2) is 24.3 Å². The van der Waals surface area contributed by atoms with E-state index in [1.807, 2.05) is 0 Å². The van der Waals surface area contributed by atoms with Crippen molar-refractivity contribution in [2.45, 2.75) is 24.7 Å². The van der Waals surface area contributed by atoms with Crippen molar-refractivity contribution >= 4 is 15.7 Å². The van der Waals surface area contributed by atoms with Crippen molar-refractivity contribution in [1.29, 1.82) is 0 Å². The summed E-state index contributed by atoms with van der Waals surface area (Å²) < 4.78 is 31.7. The van der Waals surface area contributed by atoms with Gasteiger partial charge in [-0.15, -0.1) is 0 Å². The van der Waals surface area contributed by atoms with Gasteiger partial charge in [-0.3, -0.25) is 0 Å². The van der Waals surface area contributed by atoms with Gasteiger partial charge in [0.1, 0.15) is 0 Å². The minimum Gasteiger partial charge on any atom is -0.398 e. The van der Waals surface area contributed by atoms with Gasteiger partial charge in [-0.05, 0) is 24.5 Å². The van der Waals surface area contributed by atoms with E-state index in [1.54, 1.807) is 24.3 Å². The topological polar surface area (TPSA) is 81.4 Å². The van der Waals surface area contributed by atoms with Gasteiger partial charge in [0, 0.05) is 18.8 Å². The zero-order valence-corrected chi connectivity index (χ0v) is 10.9. The fraction of sp³-hybridized carbons (Fsp3) is 0.500. The quantitative estimate of drug-likeness (QED) is 0.778. The van der Waals surface area contributed by atoms with E-state index in [2.05, 4.69) is 4.72 Å². The molecule has 0 aliphatic carbocycles. The Balaban J connectivity index is 1.92. The van der Waals surface area contributed by atoms with Gasteiger partial charge in [-0.25, -0.2) is 13.1 Å². The summed E-state index contributed by atoms with van der Waals surface area (Å²) in [7, 11) is -3.35. The number of rotatable bonds is 5. The lowest BCUT2D eigenvalue weighted by Crippen LogP contribution is -2.32. The molecule has 6 heteroatoms. The monoisotopic (exact) mass is 270 g/mol. The highest BCUT2D eigenvalue weighted by atomic mass is 32.2. The first kappa shape index (κ1) is 13.3. The van der Waals surface area contributed by atoms with Gasteiger partial charge in [0.2, 0.25) is 10.0 Å². The number of nitrogens with one attached hydrogen (secondary N) is 1. The van der Waals surface area contributed by atoms with Crippen molar-refractivity contribution in [1.82, 2.24) is 4.72 Å². The summed E-state index contributed by atoms with van der Waals surface area (Å²) in [5.74, 6) is -0.0909. The third-order valence-electron chi connectivity index (χ3n) is 2.96. The van der Waals surface area contributed by atoms with Crippen LogP contribution in [0.1, 0.15) is 18.4 Å². The average Bonchev–Trinajstić information content (AvgIpc) is 2.83. The molecule has 100 valence electrons. The van der Waals surface area contributed by atoms with Crippen molar-refractivity contribution in [3.8, 4) is 0 Å². The van der Waals surface area contributed by atoms with Gasteiger partial charge >= 0.3 is 0 Å². The third-order valence-corrected chi connectivity index (χ3v) is 4.25. The molecule has 0 amide bonds. The highest BCUT2D eigenvalue weighted by molar-refractivity contribution is 7.88. The van der Waals surface area contributed by atoms with E-state index in [4.69, 9.17) is 10.5 Å². The maximum atomic E-state index is 11.9. The van der Waals surface area contributed by atoms with Crippen molar-refractivity contribution in [3.05, 3.63) is 29.8 Å². The Morgan fingerprint density at radius 2 is 2.17 bits per heavy atom. The summed E-state index contributed by atoms with van der Waals surface area (Å²) in [6.07, 6.45) is 1.92. The molecule has 0 spiro atoms. The van der Waals surface area contributed by atoms with Crippen LogP contribution >= 0.6 is 0 Å². The van der Waals surface area contributed by atoms with E-state index in [1.165, 1.54) is 0 Å². The van der Waals surface area contributed by atoms with Gasteiger partial charge < -0.3 is 10.5 Å². The summed E-state index contributed by atoms with van der Waals surface area (Å²) >= 11 is 0. The normalized spacial score (nSPS) is 20.1. The second-order valence-electron chi connectivity index (χ2n) is 4.44. The van der Waals surface area contributed by atoms with Crippen molar-refractivity contribution in [2.75, 3.05) is 18.9 Å². The Kier molecular flexibility index (Phi) is 4.21. The molecular weight excluding hydrogens is 252 g/mol. The molecule has 1 fully saturated rings. The third kappa shape index (κ3) is 3.69. The van der Waals surface area contributed by atoms with Crippen molar-refractivity contribution in [3.63, 3.8) is 0 Å². The maximum Gasteiger partial charge on any atom is 0.215 e. The summed E-state index contributed by atoms with van der Waals surface area (Å²) in [6.45, 7) is 1.06. The molecule has 0 aromatic heterocycles. The molecular formula is C12H18N2O3S. The fourth-order valence-corrected chi connectivity index (χ4v) is 3.16. The lowest BCUT2D eigenvalue weighted by Gasteiger charge is -2.12. The molecule has 5 nitrogen and oxygen atoms in total. The number of ether oxygens (including phenoxy) is 1. The summed E-state index contributed by atoms with van der Waals surface area (Å²) in [4.78, 5) is 0. The van der Waals surface area contributed by atoms with Crippen LogP contribution in [0.5, 0.6) is 0 Å². The maximum absolute atomic E-state index is 11.9. The van der Waals surface area contributed by atoms with E-state index in [0.29, 0.717) is 17.8 Å². The molecule has 1 aromatic carbocycles. The standard InChI is InChI=1S/C12H18N2O3S/c13-12-6-2-1-4-10(12)9-18(15,16)14-8-11-5-3-7-17-11/h1-2,4,6,11,14H,3,5,7-9,13H2. The Morgan fingerprint density at radius 3 is 2.83 bits per heavy atom. The molecule has 1 aliphatic rings. The highest BCUT2D eigenvalue weighted by Crippen LogP contribution is 2.15. The van der Waals surface area contributed by atoms with Crippen LogP contribution < -0.4 is 10.5 Å². The molecule has 1 saturated heterocycles. The number of hydrogen-bond acceptors (Lipinski definition) is 4. The molecule has 1 atom stereocenters. The zero-order valence-electron chi connectivity index (χ0n) is 10.1. The van der Waals surface area contributed by atoms with E-state index >= 15 is 0 Å². The lowest BCUT2D eigenvalue weighted by atomic mass is 10.2. The van der Waals surface area contributed by atoms with E-state index < -0.39 is 10.0 Å². The summed E-state index contributed by atoms with van der Waals surface area (Å²) in [6, 6.07) is 6.98. The van der Waals surface area contributed by atoms with Gasteiger partial charge in [-0.1, -0.05) is 18.2 Å². The molecule has 3 N–H and O–H groups in total. The number of nitrogen functional groups attached to an aromatic ring is 1. The fourth-order valence-electron chi connectivity index (χ4n) is 1.95. The second kappa shape index (κ2) is 5.69. The van der Waals surface area contributed by atoms with Crippen LogP contribution in [0.25, 0.3) is 0 Å². The van der Waals surface area contributed by atoms with Crippen molar-refractivity contribution in [2.24, 2.45) is 0 Å². The van der Waals surface area contributed by atoms with Crippen LogP contribution in [-0.4, -0.2) is 27.7 Å². The number of hydrogen-bond donors (Lipinski definition) is 2. The SMILES string of the molecule is Nc1ccccc1CS(=O)(=O)NCC1CCCO1. The molecule has 0 bridgehead atoms. The molecule has 1 aliphatic heterocycles. The Labute approximate surface area is 107 Å². The molecule has 0 radical (unpaired) electrons. The summed E-state index contributed by atoms with van der Waals surface area (Å²) in [5.41, 5.74) is 6.85. The number of sulfonamides is 1. The number of para-hydroxylation sites is 1. The molecule has 0 saturated carbocycles. The molecule has 1 unspecified atom stereocenters. The first-order valence-corrected chi connectivity index (χ1v) is 7.64. The van der Waals surface area contributed by atoms with Crippen LogP contribution in [0, 0.1) is 0 Å². The largest absolute Gasteiger partial charge is 0.398 e. The van der Waals surface area contributed by atoms with Crippen LogP contribution in [0.3, 0.4) is 0 Å². The smallest absolute Gasteiger partial charge is 0.215 e. The van der Waals surface area contributed by atoms with Crippen LogP contribution in [0.2, 0.25) is 0 Å². The minimum absolute atomic E-state index is 0.00731. The van der Waals surface area contributed by atoms with Crippen molar-refractivity contribution < 1.29 is 13.2 Å². The Hall–Kier alpha value is -1.11. The van der Waals surface area contributed by atoms with Crippen LogP contribution in [-0.2, 0) is 20.5 Å². The van der Waals surface area contributed by atoms with Crippen LogP contribution in [0.4, 0.5) is 5.69 Å². The number of benzene rings is 1. The summed E-state index contributed by atoms with van der Waals surface area (Å²) in [5, 5.41) is 0. The first-order chi connectivity index (χ1) is 8.57. The predicted octanol–water partition coefficient (Wildman–Crippen LogP) is 0.867. The number of anilines is 1. The van der Waals surface area contributed by atoms with Gasteiger partial charge in [-0.2, -0.15) is 0 Å². The Morgan fingerprint density at radius 1 is 1.39 bits per heavy atom. The van der Waals surface area contributed by atoms with E-state index in [-0.39, 0.29) is 11.9 Å². The highest BCUT2D eigenvalue weighted by Gasteiger charge is 2.19. The molecule has 18 heavy (non-hydrogen) atoms. The molecule has 1 heterocycles. The van der Waals surface area contributed by atoms with E-state index in [0.717, 1.165) is 19.4 Å². The van der Waals surface area contributed by atoms with Gasteiger partial charge in [0.25, 0.3) is 0 Å². The first-order valence-electron chi connectivity index (χ1n) is 5.99. The predicted molar refractivity (Wildman–Crippen MR) is 70.5 cm³/mol. The molecule has 1 aromatic rings. The minimum atomic E-state index is -3.35. The Bertz CT molecular complexity index is 496. The van der Waals surface area contributed by atoms with Gasteiger partial charge in [0.15, 0.2) is 0 Å².